The van der Waals surface area contributed by atoms with Gasteiger partial charge in [-0.2, -0.15) is 0 Å². The summed E-state index contributed by atoms with van der Waals surface area (Å²) in [5, 5.41) is 0. The van der Waals surface area contributed by atoms with Crippen molar-refractivity contribution < 1.29 is 9.47 Å². The van der Waals surface area contributed by atoms with E-state index in [9.17, 15) is 0 Å². The molecule has 0 amide bonds. The first-order chi connectivity index (χ1) is 9.95. The zero-order chi connectivity index (χ0) is 13.4. The van der Waals surface area contributed by atoms with E-state index in [1.807, 2.05) is 0 Å². The van der Waals surface area contributed by atoms with E-state index in [0.29, 0.717) is 11.8 Å². The number of benzene rings is 2. The molecule has 1 fully saturated rings. The van der Waals surface area contributed by atoms with Gasteiger partial charge in [0.1, 0.15) is 24.7 Å². The summed E-state index contributed by atoms with van der Waals surface area (Å²) in [5.74, 6) is 0.710. The van der Waals surface area contributed by atoms with Gasteiger partial charge in [-0.3, -0.25) is 0 Å². The number of rotatable bonds is 2. The van der Waals surface area contributed by atoms with E-state index in [-0.39, 0.29) is 12.2 Å². The van der Waals surface area contributed by atoms with E-state index in [4.69, 9.17) is 9.47 Å². The Kier molecular flexibility index (Phi) is 2.73. The standard InChI is InChI=1S/C18H16O2/c1-3-7-13(8-4-1)15-16(14-9-5-2-6-10-14)18-17(15)19-11-12-20-18/h1-12,15-18H/t15-,16-,17-,18+/m0/s1. The molecule has 0 saturated heterocycles. The first-order valence-corrected chi connectivity index (χ1v) is 7.01. The summed E-state index contributed by atoms with van der Waals surface area (Å²) in [6, 6.07) is 21.2. The molecule has 2 aromatic rings. The van der Waals surface area contributed by atoms with Gasteiger partial charge in [0.2, 0.25) is 0 Å². The zero-order valence-electron chi connectivity index (χ0n) is 11.1. The van der Waals surface area contributed by atoms with Crippen molar-refractivity contribution in [3.63, 3.8) is 0 Å². The highest BCUT2D eigenvalue weighted by Crippen LogP contribution is 2.53. The highest BCUT2D eigenvalue weighted by Gasteiger charge is 2.55. The van der Waals surface area contributed by atoms with Crippen LogP contribution in [0.4, 0.5) is 0 Å². The van der Waals surface area contributed by atoms with Gasteiger partial charge in [0, 0.05) is 11.8 Å². The minimum Gasteiger partial charge on any atom is -0.490 e. The SMILES string of the molecule is C1=CO[C@H]2[C@@H](O1)[C@@H](c1ccccc1)[C@@H]2c1ccccc1. The second kappa shape index (κ2) is 4.71. The Morgan fingerprint density at radius 3 is 1.35 bits per heavy atom. The molecule has 0 aromatic heterocycles. The molecule has 2 heteroatoms. The van der Waals surface area contributed by atoms with Gasteiger partial charge >= 0.3 is 0 Å². The number of fused-ring (bicyclic) bond motifs is 1. The van der Waals surface area contributed by atoms with Crippen LogP contribution in [0.15, 0.2) is 73.2 Å². The molecule has 0 N–H and O–H groups in total. The highest BCUT2D eigenvalue weighted by atomic mass is 16.6. The average Bonchev–Trinajstić information content (AvgIpc) is 2.51. The second-order valence-electron chi connectivity index (χ2n) is 5.35. The Morgan fingerprint density at radius 2 is 0.950 bits per heavy atom. The van der Waals surface area contributed by atoms with Crippen LogP contribution >= 0.6 is 0 Å². The minimum atomic E-state index is 0.118. The molecule has 20 heavy (non-hydrogen) atoms. The van der Waals surface area contributed by atoms with Crippen LogP contribution in [-0.4, -0.2) is 12.2 Å². The van der Waals surface area contributed by atoms with Crippen LogP contribution in [-0.2, 0) is 9.47 Å². The third-order valence-electron chi connectivity index (χ3n) is 4.31. The maximum Gasteiger partial charge on any atom is 0.143 e. The van der Waals surface area contributed by atoms with Crippen LogP contribution < -0.4 is 0 Å². The van der Waals surface area contributed by atoms with Crippen LogP contribution in [0.25, 0.3) is 0 Å². The summed E-state index contributed by atoms with van der Waals surface area (Å²) < 4.78 is 11.6. The van der Waals surface area contributed by atoms with Gasteiger partial charge in [-0.1, -0.05) is 60.7 Å². The Bertz CT molecular complexity index is 550. The Balaban J connectivity index is 1.73. The van der Waals surface area contributed by atoms with Gasteiger partial charge in [0.15, 0.2) is 0 Å². The summed E-state index contributed by atoms with van der Waals surface area (Å²) in [5.41, 5.74) is 2.64. The lowest BCUT2D eigenvalue weighted by Gasteiger charge is -2.51. The van der Waals surface area contributed by atoms with Gasteiger partial charge in [-0.25, -0.2) is 0 Å². The van der Waals surface area contributed by atoms with Gasteiger partial charge in [0.05, 0.1) is 0 Å². The van der Waals surface area contributed by atoms with Crippen molar-refractivity contribution in [3.8, 4) is 0 Å². The third kappa shape index (κ3) is 1.72. The normalized spacial score (nSPS) is 30.6. The highest BCUT2D eigenvalue weighted by molar-refractivity contribution is 5.37. The largest absolute Gasteiger partial charge is 0.490 e. The molecule has 0 spiro atoms. The molecule has 4 atom stereocenters. The molecule has 0 bridgehead atoms. The van der Waals surface area contributed by atoms with Crippen molar-refractivity contribution >= 4 is 0 Å². The lowest BCUT2D eigenvalue weighted by molar-refractivity contribution is -0.127. The fourth-order valence-electron chi connectivity index (χ4n) is 3.39. The van der Waals surface area contributed by atoms with Crippen molar-refractivity contribution in [2.24, 2.45) is 0 Å². The fraction of sp³-hybridized carbons (Fsp3) is 0.222. The van der Waals surface area contributed by atoms with Crippen LogP contribution in [0.5, 0.6) is 0 Å². The molecule has 1 saturated carbocycles. The quantitative estimate of drug-likeness (QED) is 0.821. The van der Waals surface area contributed by atoms with E-state index in [1.54, 1.807) is 12.5 Å². The van der Waals surface area contributed by atoms with Crippen molar-refractivity contribution in [2.75, 3.05) is 0 Å². The molecule has 2 aliphatic rings. The first-order valence-electron chi connectivity index (χ1n) is 7.01. The monoisotopic (exact) mass is 264 g/mol. The van der Waals surface area contributed by atoms with Crippen molar-refractivity contribution in [1.29, 1.82) is 0 Å². The third-order valence-corrected chi connectivity index (χ3v) is 4.31. The van der Waals surface area contributed by atoms with Gasteiger partial charge in [-0.05, 0) is 11.1 Å². The fourth-order valence-corrected chi connectivity index (χ4v) is 3.39. The molecule has 2 aromatic carbocycles. The van der Waals surface area contributed by atoms with Crippen molar-refractivity contribution in [3.05, 3.63) is 84.3 Å². The summed E-state index contributed by atoms with van der Waals surface area (Å²) in [6.45, 7) is 0. The maximum atomic E-state index is 5.79. The second-order valence-corrected chi connectivity index (χ2v) is 5.35. The van der Waals surface area contributed by atoms with E-state index in [0.717, 1.165) is 0 Å². The Morgan fingerprint density at radius 1 is 0.550 bits per heavy atom. The number of hydrogen-bond donors (Lipinski definition) is 0. The molecule has 100 valence electrons. The Hall–Kier alpha value is -2.22. The molecule has 4 rings (SSSR count). The van der Waals surface area contributed by atoms with E-state index >= 15 is 0 Å². The minimum absolute atomic E-state index is 0.118. The first kappa shape index (κ1) is 11.6. The van der Waals surface area contributed by atoms with Crippen molar-refractivity contribution in [2.45, 2.75) is 24.0 Å². The van der Waals surface area contributed by atoms with Crippen LogP contribution in [0.2, 0.25) is 0 Å². The molecule has 0 unspecified atom stereocenters. The number of hydrogen-bond acceptors (Lipinski definition) is 2. The van der Waals surface area contributed by atoms with Crippen LogP contribution in [0.1, 0.15) is 23.0 Å². The molecule has 1 aliphatic heterocycles. The Labute approximate surface area is 118 Å². The topological polar surface area (TPSA) is 18.5 Å². The summed E-state index contributed by atoms with van der Waals surface area (Å²) in [4.78, 5) is 0. The average molecular weight is 264 g/mol. The lowest BCUT2D eigenvalue weighted by atomic mass is 9.62. The summed E-state index contributed by atoms with van der Waals surface area (Å²) >= 11 is 0. The van der Waals surface area contributed by atoms with Crippen LogP contribution in [0, 0.1) is 0 Å². The van der Waals surface area contributed by atoms with Crippen molar-refractivity contribution in [1.82, 2.24) is 0 Å². The lowest BCUT2D eigenvalue weighted by Crippen LogP contribution is -2.55. The summed E-state index contributed by atoms with van der Waals surface area (Å²) in [6.07, 6.45) is 3.57. The van der Waals surface area contributed by atoms with E-state index in [2.05, 4.69) is 60.7 Å². The van der Waals surface area contributed by atoms with E-state index in [1.165, 1.54) is 11.1 Å². The molecular weight excluding hydrogens is 248 g/mol. The predicted octanol–water partition coefficient (Wildman–Crippen LogP) is 3.82. The van der Waals surface area contributed by atoms with E-state index < -0.39 is 0 Å². The van der Waals surface area contributed by atoms with Gasteiger partial charge in [0.25, 0.3) is 0 Å². The molecule has 0 radical (unpaired) electrons. The zero-order valence-corrected chi connectivity index (χ0v) is 11.1. The molecule has 2 nitrogen and oxygen atoms in total. The maximum absolute atomic E-state index is 5.79. The molecule has 1 heterocycles. The van der Waals surface area contributed by atoms with Crippen LogP contribution in [0.3, 0.4) is 0 Å². The van der Waals surface area contributed by atoms with Gasteiger partial charge in [-0.15, -0.1) is 0 Å². The number of ether oxygens (including phenoxy) is 2. The predicted molar refractivity (Wildman–Crippen MR) is 77.3 cm³/mol. The molecule has 1 aliphatic carbocycles. The van der Waals surface area contributed by atoms with Gasteiger partial charge < -0.3 is 9.47 Å². The smallest absolute Gasteiger partial charge is 0.143 e. The summed E-state index contributed by atoms with van der Waals surface area (Å²) in [7, 11) is 0. The molecular formula is C18H16O2.